The molecule has 21 heavy (non-hydrogen) atoms. The van der Waals surface area contributed by atoms with Crippen molar-refractivity contribution in [3.05, 3.63) is 42.0 Å². The van der Waals surface area contributed by atoms with Crippen LogP contribution in [0.3, 0.4) is 0 Å². The molecule has 0 fully saturated rings. The van der Waals surface area contributed by atoms with Crippen molar-refractivity contribution < 1.29 is 9.53 Å². The second-order valence-corrected chi connectivity index (χ2v) is 5.60. The van der Waals surface area contributed by atoms with Crippen LogP contribution in [0.4, 0.5) is 0 Å². The van der Waals surface area contributed by atoms with E-state index < -0.39 is 0 Å². The average Bonchev–Trinajstić information content (AvgIpc) is 2.48. The first-order chi connectivity index (χ1) is 10.2. The van der Waals surface area contributed by atoms with Crippen LogP contribution in [0, 0.1) is 0 Å². The molecule has 1 atom stereocenters. The summed E-state index contributed by atoms with van der Waals surface area (Å²) in [5, 5.41) is 3.09. The van der Waals surface area contributed by atoms with Crippen LogP contribution >= 0.6 is 0 Å². The van der Waals surface area contributed by atoms with E-state index >= 15 is 0 Å². The lowest BCUT2D eigenvalue weighted by Gasteiger charge is -2.20. The smallest absolute Gasteiger partial charge is 0.255 e. The third-order valence-electron chi connectivity index (χ3n) is 3.53. The lowest BCUT2D eigenvalue weighted by atomic mass is 10.0. The Morgan fingerprint density at radius 2 is 2.14 bits per heavy atom. The maximum atomic E-state index is 12.4. The van der Waals surface area contributed by atoms with Crippen LogP contribution < -0.4 is 10.1 Å². The van der Waals surface area contributed by atoms with Crippen molar-refractivity contribution in [2.24, 2.45) is 0 Å². The number of para-hydroxylation sites is 1. The number of benzene rings is 1. The van der Waals surface area contributed by atoms with Gasteiger partial charge >= 0.3 is 0 Å². The highest BCUT2D eigenvalue weighted by molar-refractivity contribution is 5.97. The Balaban J connectivity index is 1.97. The minimum Gasteiger partial charge on any atom is -0.491 e. The number of rotatable bonds is 6. The van der Waals surface area contributed by atoms with E-state index in [4.69, 9.17) is 4.74 Å². The maximum Gasteiger partial charge on any atom is 0.255 e. The predicted molar refractivity (Wildman–Crippen MR) is 84.7 cm³/mol. The number of nitrogens with one attached hydrogen (secondary N) is 1. The highest BCUT2D eigenvalue weighted by atomic mass is 16.5. The van der Waals surface area contributed by atoms with Gasteiger partial charge in [-0.3, -0.25) is 4.79 Å². The second-order valence-electron chi connectivity index (χ2n) is 5.60. The van der Waals surface area contributed by atoms with Gasteiger partial charge in [0.05, 0.1) is 5.56 Å². The number of allylic oxidation sites excluding steroid dienone is 1. The summed E-state index contributed by atoms with van der Waals surface area (Å²) in [6.07, 6.45) is 7.25. The van der Waals surface area contributed by atoms with Gasteiger partial charge in [0.2, 0.25) is 0 Å². The summed E-state index contributed by atoms with van der Waals surface area (Å²) in [6, 6.07) is 7.67. The van der Waals surface area contributed by atoms with E-state index in [9.17, 15) is 4.79 Å². The zero-order valence-electron chi connectivity index (χ0n) is 12.8. The normalized spacial score (nSPS) is 17.8. The molecule has 1 aliphatic carbocycles. The fourth-order valence-electron chi connectivity index (χ4n) is 2.31. The van der Waals surface area contributed by atoms with Crippen molar-refractivity contribution in [1.82, 2.24) is 10.2 Å². The summed E-state index contributed by atoms with van der Waals surface area (Å²) in [5.41, 5.74) is 0.616. The molecule has 0 heterocycles. The van der Waals surface area contributed by atoms with Gasteiger partial charge in [0.15, 0.2) is 0 Å². The van der Waals surface area contributed by atoms with Crippen molar-refractivity contribution in [2.75, 3.05) is 27.2 Å². The maximum absolute atomic E-state index is 12.4. The van der Waals surface area contributed by atoms with E-state index in [-0.39, 0.29) is 11.9 Å². The van der Waals surface area contributed by atoms with Crippen LogP contribution in [0.2, 0.25) is 0 Å². The van der Waals surface area contributed by atoms with E-state index in [1.807, 2.05) is 38.4 Å². The van der Waals surface area contributed by atoms with Crippen LogP contribution in [0.25, 0.3) is 0 Å². The van der Waals surface area contributed by atoms with Gasteiger partial charge in [-0.05, 0) is 45.5 Å². The molecule has 0 radical (unpaired) electrons. The molecule has 0 spiro atoms. The Hall–Kier alpha value is -1.81. The van der Waals surface area contributed by atoms with Crippen LogP contribution in [-0.4, -0.2) is 44.1 Å². The van der Waals surface area contributed by atoms with Gasteiger partial charge in [0.1, 0.15) is 12.4 Å². The van der Waals surface area contributed by atoms with E-state index in [0.717, 1.165) is 25.8 Å². The summed E-state index contributed by atoms with van der Waals surface area (Å²) < 4.78 is 5.74. The summed E-state index contributed by atoms with van der Waals surface area (Å²) in [4.78, 5) is 14.5. The van der Waals surface area contributed by atoms with Gasteiger partial charge < -0.3 is 15.0 Å². The molecule has 1 aliphatic rings. The monoisotopic (exact) mass is 288 g/mol. The van der Waals surface area contributed by atoms with Crippen molar-refractivity contribution >= 4 is 5.91 Å². The fraction of sp³-hybridized carbons (Fsp3) is 0.471. The van der Waals surface area contributed by atoms with Crippen LogP contribution in [0.5, 0.6) is 5.75 Å². The van der Waals surface area contributed by atoms with Gasteiger partial charge in [0, 0.05) is 12.6 Å². The zero-order chi connectivity index (χ0) is 15.1. The Labute approximate surface area is 126 Å². The minimum absolute atomic E-state index is 0.0456. The number of ether oxygens (including phenoxy) is 1. The van der Waals surface area contributed by atoms with E-state index in [2.05, 4.69) is 22.4 Å². The lowest BCUT2D eigenvalue weighted by Crippen LogP contribution is -2.35. The molecule has 2 rings (SSSR count). The summed E-state index contributed by atoms with van der Waals surface area (Å²) in [5.74, 6) is 0.610. The molecule has 0 saturated heterocycles. The van der Waals surface area contributed by atoms with Gasteiger partial charge in [-0.1, -0.05) is 24.3 Å². The number of carbonyl (C=O) groups is 1. The molecule has 0 aliphatic heterocycles. The predicted octanol–water partition coefficient (Wildman–Crippen LogP) is 2.47. The van der Waals surface area contributed by atoms with Crippen molar-refractivity contribution in [3.8, 4) is 5.75 Å². The molecule has 0 bridgehead atoms. The quantitative estimate of drug-likeness (QED) is 0.818. The van der Waals surface area contributed by atoms with Gasteiger partial charge in [0.25, 0.3) is 5.91 Å². The highest BCUT2D eigenvalue weighted by Gasteiger charge is 2.17. The third kappa shape index (κ3) is 4.90. The van der Waals surface area contributed by atoms with Gasteiger partial charge in [-0.15, -0.1) is 0 Å². The first-order valence-electron chi connectivity index (χ1n) is 7.49. The summed E-state index contributed by atoms with van der Waals surface area (Å²) in [7, 11) is 4.00. The number of amides is 1. The number of nitrogens with zero attached hydrogens (tertiary/aromatic N) is 1. The largest absolute Gasteiger partial charge is 0.491 e. The summed E-state index contributed by atoms with van der Waals surface area (Å²) in [6.45, 7) is 1.40. The Bertz CT molecular complexity index is 497. The van der Waals surface area contributed by atoms with Gasteiger partial charge in [-0.2, -0.15) is 0 Å². The Kier molecular flexibility index (Phi) is 5.81. The van der Waals surface area contributed by atoms with Crippen LogP contribution in [0.15, 0.2) is 36.4 Å². The first kappa shape index (κ1) is 15.6. The molecule has 0 aromatic heterocycles. The van der Waals surface area contributed by atoms with Gasteiger partial charge in [-0.25, -0.2) is 0 Å². The molecule has 114 valence electrons. The fourth-order valence-corrected chi connectivity index (χ4v) is 2.31. The van der Waals surface area contributed by atoms with Crippen molar-refractivity contribution in [3.63, 3.8) is 0 Å². The number of likely N-dealkylation sites (N-methyl/N-ethyl adjacent to an activating group) is 1. The number of hydrogen-bond acceptors (Lipinski definition) is 3. The average molecular weight is 288 g/mol. The molecule has 1 amide bonds. The van der Waals surface area contributed by atoms with Crippen molar-refractivity contribution in [1.29, 1.82) is 0 Å². The Morgan fingerprint density at radius 3 is 2.86 bits per heavy atom. The van der Waals surface area contributed by atoms with E-state index in [1.165, 1.54) is 0 Å². The van der Waals surface area contributed by atoms with E-state index in [1.54, 1.807) is 0 Å². The zero-order valence-corrected chi connectivity index (χ0v) is 12.8. The minimum atomic E-state index is -0.0456. The first-order valence-corrected chi connectivity index (χ1v) is 7.49. The molecule has 4 heteroatoms. The second kappa shape index (κ2) is 7.84. The third-order valence-corrected chi connectivity index (χ3v) is 3.53. The molecular formula is C17H24N2O2. The number of hydrogen-bond donors (Lipinski definition) is 1. The molecule has 1 N–H and O–H groups in total. The lowest BCUT2D eigenvalue weighted by molar-refractivity contribution is 0.0930. The molecule has 0 unspecified atom stereocenters. The SMILES string of the molecule is CN(C)CCOc1ccccc1C(=O)N[C@@H]1CC=CCC1. The standard InChI is InChI=1S/C17H24N2O2/c1-19(2)12-13-21-16-11-7-6-10-15(16)17(20)18-14-8-4-3-5-9-14/h3-4,6-7,10-11,14H,5,8-9,12-13H2,1-2H3,(H,18,20)/t14-/m1/s1. The van der Waals surface area contributed by atoms with Crippen LogP contribution in [-0.2, 0) is 0 Å². The molecule has 0 saturated carbocycles. The van der Waals surface area contributed by atoms with Crippen LogP contribution in [0.1, 0.15) is 29.6 Å². The number of carbonyl (C=O) groups excluding carboxylic acids is 1. The van der Waals surface area contributed by atoms with Crippen molar-refractivity contribution in [2.45, 2.75) is 25.3 Å². The molecular weight excluding hydrogens is 264 g/mol. The molecule has 4 nitrogen and oxygen atoms in total. The van der Waals surface area contributed by atoms with E-state index in [0.29, 0.717) is 17.9 Å². The highest BCUT2D eigenvalue weighted by Crippen LogP contribution is 2.19. The topological polar surface area (TPSA) is 41.6 Å². The summed E-state index contributed by atoms with van der Waals surface area (Å²) >= 11 is 0. The molecule has 1 aromatic carbocycles. The Morgan fingerprint density at radius 1 is 1.33 bits per heavy atom. The molecule has 1 aromatic rings.